The van der Waals surface area contributed by atoms with Crippen LogP contribution in [0.4, 0.5) is 10.1 Å². The van der Waals surface area contributed by atoms with Gasteiger partial charge in [-0.25, -0.2) is 17.9 Å². The minimum Gasteiger partial charge on any atom is -0.399 e. The minimum absolute atomic E-state index is 0.179. The lowest BCUT2D eigenvalue weighted by atomic mass is 10.2. The molecule has 0 unspecified atom stereocenters. The van der Waals surface area contributed by atoms with Gasteiger partial charge in [-0.15, -0.1) is 0 Å². The zero-order chi connectivity index (χ0) is 10.1. The molecule has 0 saturated heterocycles. The van der Waals surface area contributed by atoms with Crippen molar-refractivity contribution in [3.05, 3.63) is 29.6 Å². The van der Waals surface area contributed by atoms with Crippen molar-refractivity contribution in [3.8, 4) is 0 Å². The van der Waals surface area contributed by atoms with Crippen LogP contribution >= 0.6 is 0 Å². The molecule has 0 saturated carbocycles. The standard InChI is InChI=1S/C7H9FN2O2S/c8-6-1-5(2-7(9)3-6)4-13(10,11)12/h1-3H,4,9H2,(H2,10,11,12). The van der Waals surface area contributed by atoms with Gasteiger partial charge in [0.2, 0.25) is 10.0 Å². The van der Waals surface area contributed by atoms with E-state index in [2.05, 4.69) is 0 Å². The predicted octanol–water partition coefficient (Wildman–Crippen LogP) is 0.196. The summed E-state index contributed by atoms with van der Waals surface area (Å²) in [6.45, 7) is 0. The maximum absolute atomic E-state index is 12.7. The van der Waals surface area contributed by atoms with E-state index >= 15 is 0 Å². The Morgan fingerprint density at radius 2 is 1.92 bits per heavy atom. The summed E-state index contributed by atoms with van der Waals surface area (Å²) in [5.41, 5.74) is 5.73. The van der Waals surface area contributed by atoms with Crippen LogP contribution in [0.25, 0.3) is 0 Å². The highest BCUT2D eigenvalue weighted by molar-refractivity contribution is 7.88. The van der Waals surface area contributed by atoms with Crippen LogP contribution in [0.2, 0.25) is 0 Å². The summed E-state index contributed by atoms with van der Waals surface area (Å²) in [6, 6.07) is 3.56. The fourth-order valence-electron chi connectivity index (χ4n) is 0.991. The van der Waals surface area contributed by atoms with E-state index in [0.29, 0.717) is 0 Å². The van der Waals surface area contributed by atoms with E-state index in [1.807, 2.05) is 0 Å². The molecule has 1 rings (SSSR count). The third-order valence-electron chi connectivity index (χ3n) is 1.35. The summed E-state index contributed by atoms with van der Waals surface area (Å²) in [6.07, 6.45) is 0. The second kappa shape index (κ2) is 3.31. The molecule has 4 N–H and O–H groups in total. The highest BCUT2D eigenvalue weighted by atomic mass is 32.2. The molecule has 0 aliphatic rings. The van der Waals surface area contributed by atoms with Crippen LogP contribution in [0.3, 0.4) is 0 Å². The number of hydrogen-bond acceptors (Lipinski definition) is 3. The van der Waals surface area contributed by atoms with E-state index in [1.54, 1.807) is 0 Å². The van der Waals surface area contributed by atoms with Crippen LogP contribution in [0.5, 0.6) is 0 Å². The van der Waals surface area contributed by atoms with Crippen LogP contribution in [0.15, 0.2) is 18.2 Å². The number of sulfonamides is 1. The van der Waals surface area contributed by atoms with Crippen molar-refractivity contribution < 1.29 is 12.8 Å². The van der Waals surface area contributed by atoms with Crippen LogP contribution in [-0.4, -0.2) is 8.42 Å². The van der Waals surface area contributed by atoms with E-state index in [4.69, 9.17) is 10.9 Å². The number of rotatable bonds is 2. The van der Waals surface area contributed by atoms with Gasteiger partial charge >= 0.3 is 0 Å². The molecule has 0 aliphatic heterocycles. The topological polar surface area (TPSA) is 86.2 Å². The zero-order valence-corrected chi connectivity index (χ0v) is 7.51. The number of hydrogen-bond donors (Lipinski definition) is 2. The summed E-state index contributed by atoms with van der Waals surface area (Å²) in [5.74, 6) is -0.978. The molecule has 0 heterocycles. The second-order valence-electron chi connectivity index (χ2n) is 2.70. The minimum atomic E-state index is -3.63. The van der Waals surface area contributed by atoms with Gasteiger partial charge in [0.25, 0.3) is 0 Å². The van der Waals surface area contributed by atoms with Gasteiger partial charge in [-0.2, -0.15) is 0 Å². The first-order valence-electron chi connectivity index (χ1n) is 3.42. The van der Waals surface area contributed by atoms with E-state index in [9.17, 15) is 12.8 Å². The van der Waals surface area contributed by atoms with Gasteiger partial charge in [0, 0.05) is 5.69 Å². The quantitative estimate of drug-likeness (QED) is 0.674. The molecule has 13 heavy (non-hydrogen) atoms. The number of benzene rings is 1. The third kappa shape index (κ3) is 3.39. The summed E-state index contributed by atoms with van der Waals surface area (Å²) < 4.78 is 34.0. The average Bonchev–Trinajstić information content (AvgIpc) is 1.78. The molecule has 0 bridgehead atoms. The lowest BCUT2D eigenvalue weighted by Gasteiger charge is -2.01. The monoisotopic (exact) mass is 204 g/mol. The van der Waals surface area contributed by atoms with E-state index in [-0.39, 0.29) is 11.3 Å². The van der Waals surface area contributed by atoms with Gasteiger partial charge in [0.1, 0.15) is 5.82 Å². The van der Waals surface area contributed by atoms with Crippen molar-refractivity contribution >= 4 is 15.7 Å². The lowest BCUT2D eigenvalue weighted by Crippen LogP contribution is -2.14. The summed E-state index contributed by atoms with van der Waals surface area (Å²) in [7, 11) is -3.63. The smallest absolute Gasteiger partial charge is 0.213 e. The van der Waals surface area contributed by atoms with Crippen LogP contribution in [-0.2, 0) is 15.8 Å². The molecule has 0 aliphatic carbocycles. The predicted molar refractivity (Wildman–Crippen MR) is 47.6 cm³/mol. The molecular formula is C7H9FN2O2S. The number of nitrogen functional groups attached to an aromatic ring is 1. The first-order chi connectivity index (χ1) is 5.87. The highest BCUT2D eigenvalue weighted by Gasteiger charge is 2.06. The summed E-state index contributed by atoms with van der Waals surface area (Å²) in [4.78, 5) is 0. The number of primary sulfonamides is 1. The molecule has 0 atom stereocenters. The fraction of sp³-hybridized carbons (Fsp3) is 0.143. The van der Waals surface area contributed by atoms with Gasteiger partial charge in [0.05, 0.1) is 5.75 Å². The molecule has 1 aromatic carbocycles. The van der Waals surface area contributed by atoms with Crippen molar-refractivity contribution in [1.82, 2.24) is 0 Å². The van der Waals surface area contributed by atoms with E-state index in [1.165, 1.54) is 6.07 Å². The Labute approximate surface area is 75.4 Å². The fourth-order valence-corrected chi connectivity index (χ4v) is 1.62. The lowest BCUT2D eigenvalue weighted by molar-refractivity contribution is 0.596. The second-order valence-corrected chi connectivity index (χ2v) is 4.31. The molecule has 0 spiro atoms. The van der Waals surface area contributed by atoms with E-state index < -0.39 is 21.6 Å². The maximum Gasteiger partial charge on any atom is 0.213 e. The van der Waals surface area contributed by atoms with Crippen molar-refractivity contribution in [2.75, 3.05) is 5.73 Å². The Hall–Kier alpha value is -1.14. The molecule has 4 nitrogen and oxygen atoms in total. The number of halogens is 1. The molecule has 0 amide bonds. The Morgan fingerprint density at radius 1 is 1.31 bits per heavy atom. The van der Waals surface area contributed by atoms with Gasteiger partial charge in [-0.1, -0.05) is 0 Å². The Morgan fingerprint density at radius 3 is 2.38 bits per heavy atom. The molecule has 72 valence electrons. The van der Waals surface area contributed by atoms with Crippen LogP contribution < -0.4 is 10.9 Å². The van der Waals surface area contributed by atoms with Crippen LogP contribution in [0, 0.1) is 5.82 Å². The maximum atomic E-state index is 12.7. The Bertz CT molecular complexity index is 396. The Balaban J connectivity index is 3.03. The number of anilines is 1. The normalized spacial score (nSPS) is 11.5. The molecule has 0 radical (unpaired) electrons. The highest BCUT2D eigenvalue weighted by Crippen LogP contribution is 2.12. The van der Waals surface area contributed by atoms with Crippen molar-refractivity contribution in [2.45, 2.75) is 5.75 Å². The first kappa shape index (κ1) is 9.94. The van der Waals surface area contributed by atoms with Crippen molar-refractivity contribution in [1.29, 1.82) is 0 Å². The van der Waals surface area contributed by atoms with Gasteiger partial charge in [-0.05, 0) is 23.8 Å². The summed E-state index contributed by atoms with van der Waals surface area (Å²) >= 11 is 0. The molecule has 6 heteroatoms. The number of nitrogens with two attached hydrogens (primary N) is 2. The molecule has 1 aromatic rings. The van der Waals surface area contributed by atoms with Crippen molar-refractivity contribution in [2.24, 2.45) is 5.14 Å². The SMILES string of the molecule is Nc1cc(F)cc(CS(N)(=O)=O)c1. The van der Waals surface area contributed by atoms with Gasteiger partial charge in [-0.3, -0.25) is 0 Å². The molecule has 0 aromatic heterocycles. The van der Waals surface area contributed by atoms with Gasteiger partial charge in [0.15, 0.2) is 0 Å². The largest absolute Gasteiger partial charge is 0.399 e. The third-order valence-corrected chi connectivity index (χ3v) is 2.08. The average molecular weight is 204 g/mol. The van der Waals surface area contributed by atoms with Crippen LogP contribution in [0.1, 0.15) is 5.56 Å². The Kier molecular flexibility index (Phi) is 2.53. The molecule has 0 fully saturated rings. The van der Waals surface area contributed by atoms with Crippen molar-refractivity contribution in [3.63, 3.8) is 0 Å². The van der Waals surface area contributed by atoms with E-state index in [0.717, 1.165) is 12.1 Å². The molecular weight excluding hydrogens is 195 g/mol. The zero-order valence-electron chi connectivity index (χ0n) is 6.70. The summed E-state index contributed by atoms with van der Waals surface area (Å²) in [5, 5.41) is 4.78. The first-order valence-corrected chi connectivity index (χ1v) is 5.14. The van der Waals surface area contributed by atoms with Gasteiger partial charge < -0.3 is 5.73 Å².